The molecule has 5 atom stereocenters. The molecule has 13 nitrogen and oxygen atoms in total. The minimum Gasteiger partial charge on any atom is -0.454 e. The number of nitrogens with two attached hydrogens (primary N) is 1. The summed E-state index contributed by atoms with van der Waals surface area (Å²) in [4.78, 5) is 42.3. The van der Waals surface area contributed by atoms with Crippen LogP contribution in [0.5, 0.6) is 11.5 Å². The van der Waals surface area contributed by atoms with Crippen LogP contribution in [0, 0.1) is 0 Å². The van der Waals surface area contributed by atoms with Gasteiger partial charge in [0.1, 0.15) is 24.1 Å². The molecule has 3 heterocycles. The van der Waals surface area contributed by atoms with Crippen LogP contribution in [0.3, 0.4) is 0 Å². The van der Waals surface area contributed by atoms with Crippen molar-refractivity contribution < 1.29 is 34.0 Å². The number of aliphatic hydroxyl groups excluding tert-OH is 2. The Kier molecular flexibility index (Phi) is 7.45. The number of hydrogen-bond acceptors (Lipinski definition) is 10. The fourth-order valence-corrected chi connectivity index (χ4v) is 4.47. The molecule has 0 saturated carbocycles. The zero-order valence-corrected chi connectivity index (χ0v) is 20.6. The van der Waals surface area contributed by atoms with Gasteiger partial charge < -0.3 is 40.8 Å². The van der Waals surface area contributed by atoms with E-state index in [1.54, 1.807) is 30.3 Å². The molecule has 204 valence electrons. The van der Waals surface area contributed by atoms with E-state index in [1.807, 2.05) is 18.2 Å². The Bertz CT molecular complexity index is 1410. The number of ether oxygens (including phenoxy) is 3. The van der Waals surface area contributed by atoms with E-state index in [2.05, 4.69) is 15.6 Å². The number of benzene rings is 2. The zero-order chi connectivity index (χ0) is 27.5. The number of rotatable bonds is 8. The molecule has 5 rings (SSSR count). The van der Waals surface area contributed by atoms with Crippen molar-refractivity contribution in [1.82, 2.24) is 20.2 Å². The first-order chi connectivity index (χ1) is 18.8. The Labute approximate surface area is 222 Å². The number of fused-ring (bicyclic) bond motifs is 1. The maximum atomic E-state index is 13.3. The molecule has 3 aromatic rings. The fourth-order valence-electron chi connectivity index (χ4n) is 4.47. The van der Waals surface area contributed by atoms with E-state index in [4.69, 9.17) is 19.9 Å². The van der Waals surface area contributed by atoms with Gasteiger partial charge in [0.05, 0.1) is 0 Å². The molecule has 2 aliphatic heterocycles. The Balaban J connectivity index is 1.31. The number of nitrogens with one attached hydrogen (secondary N) is 2. The summed E-state index contributed by atoms with van der Waals surface area (Å²) in [7, 11) is 0. The Morgan fingerprint density at radius 2 is 1.87 bits per heavy atom. The molecule has 2 aliphatic rings. The van der Waals surface area contributed by atoms with Gasteiger partial charge in [-0.2, -0.15) is 4.98 Å². The quantitative estimate of drug-likeness (QED) is 0.244. The first-order valence-electron chi connectivity index (χ1n) is 12.2. The average molecular weight is 538 g/mol. The van der Waals surface area contributed by atoms with Crippen LogP contribution in [0.4, 0.5) is 5.82 Å². The summed E-state index contributed by atoms with van der Waals surface area (Å²) < 4.78 is 17.4. The van der Waals surface area contributed by atoms with Crippen molar-refractivity contribution in [3.05, 3.63) is 82.4 Å². The summed E-state index contributed by atoms with van der Waals surface area (Å²) in [5, 5.41) is 26.5. The van der Waals surface area contributed by atoms with Gasteiger partial charge in [0.2, 0.25) is 12.7 Å². The molecule has 1 saturated heterocycles. The van der Waals surface area contributed by atoms with E-state index < -0.39 is 48.1 Å². The number of amides is 2. The van der Waals surface area contributed by atoms with E-state index in [0.29, 0.717) is 17.1 Å². The van der Waals surface area contributed by atoms with Crippen LogP contribution in [0.2, 0.25) is 0 Å². The molecule has 0 spiro atoms. The molecule has 0 aliphatic carbocycles. The van der Waals surface area contributed by atoms with Crippen LogP contribution in [0.15, 0.2) is 65.6 Å². The van der Waals surface area contributed by atoms with Crippen molar-refractivity contribution in [3.63, 3.8) is 0 Å². The van der Waals surface area contributed by atoms with Crippen molar-refractivity contribution in [2.24, 2.45) is 0 Å². The number of carbonyl (C=O) groups is 2. The summed E-state index contributed by atoms with van der Waals surface area (Å²) in [6.45, 7) is 0.199. The van der Waals surface area contributed by atoms with Crippen LogP contribution in [0.1, 0.15) is 17.4 Å². The van der Waals surface area contributed by atoms with Crippen molar-refractivity contribution in [2.45, 2.75) is 43.5 Å². The molecule has 0 unspecified atom stereocenters. The van der Waals surface area contributed by atoms with Gasteiger partial charge >= 0.3 is 5.69 Å². The number of hydrogen-bond donors (Lipinski definition) is 5. The fraction of sp³-hybridized carbons (Fsp3) is 0.308. The second-order valence-electron chi connectivity index (χ2n) is 9.09. The summed E-state index contributed by atoms with van der Waals surface area (Å²) in [5.74, 6) is -0.253. The van der Waals surface area contributed by atoms with Crippen LogP contribution >= 0.6 is 0 Å². The maximum Gasteiger partial charge on any atom is 0.351 e. The number of aliphatic hydroxyl groups is 2. The third-order valence-corrected chi connectivity index (χ3v) is 6.47. The van der Waals surface area contributed by atoms with Crippen molar-refractivity contribution >= 4 is 17.6 Å². The lowest BCUT2D eigenvalue weighted by Gasteiger charge is -2.22. The van der Waals surface area contributed by atoms with Crippen molar-refractivity contribution in [2.75, 3.05) is 12.5 Å². The largest absolute Gasteiger partial charge is 0.454 e. The highest BCUT2D eigenvalue weighted by Crippen LogP contribution is 2.35. The predicted octanol–water partition coefficient (Wildman–Crippen LogP) is -0.783. The second kappa shape index (κ2) is 11.1. The first kappa shape index (κ1) is 26.2. The Morgan fingerprint density at radius 1 is 1.08 bits per heavy atom. The minimum absolute atomic E-state index is 0.0344. The van der Waals surface area contributed by atoms with Gasteiger partial charge in [0, 0.05) is 24.7 Å². The number of aromatic nitrogens is 2. The molecule has 39 heavy (non-hydrogen) atoms. The van der Waals surface area contributed by atoms with Crippen LogP contribution in [-0.4, -0.2) is 62.7 Å². The molecular weight excluding hydrogens is 510 g/mol. The summed E-state index contributed by atoms with van der Waals surface area (Å²) >= 11 is 0. The van der Waals surface area contributed by atoms with Gasteiger partial charge in [-0.25, -0.2) is 4.79 Å². The van der Waals surface area contributed by atoms with E-state index in [-0.39, 0.29) is 25.6 Å². The molecule has 1 aromatic heterocycles. The molecule has 6 N–H and O–H groups in total. The lowest BCUT2D eigenvalue weighted by atomic mass is 10.0. The third kappa shape index (κ3) is 5.55. The number of carbonyl (C=O) groups excluding carboxylic acids is 2. The SMILES string of the molecule is Nc1ccn([C@@H]2O[C@H](C(=O)N[C@H](Cc3ccccc3)C(=O)NCc3cccc4c3OCO4)[C@@H](O)[C@H]2O)c(=O)n1. The molecule has 0 bridgehead atoms. The normalized spacial score (nSPS) is 22.3. The number of nitrogens with zero attached hydrogens (tertiary/aromatic N) is 2. The van der Waals surface area contributed by atoms with E-state index >= 15 is 0 Å². The summed E-state index contributed by atoms with van der Waals surface area (Å²) in [6, 6.07) is 14.6. The van der Waals surface area contributed by atoms with Gasteiger partial charge in [-0.15, -0.1) is 0 Å². The van der Waals surface area contributed by atoms with Gasteiger partial charge in [-0.1, -0.05) is 42.5 Å². The smallest absolute Gasteiger partial charge is 0.351 e. The molecule has 1 fully saturated rings. The van der Waals surface area contributed by atoms with Gasteiger partial charge in [-0.3, -0.25) is 14.2 Å². The maximum absolute atomic E-state index is 13.3. The molecular formula is C26H27N5O8. The number of nitrogen functional groups attached to an aromatic ring is 1. The Morgan fingerprint density at radius 3 is 2.64 bits per heavy atom. The molecule has 13 heteroatoms. The summed E-state index contributed by atoms with van der Waals surface area (Å²) in [5.41, 5.74) is 6.16. The molecule has 2 amide bonds. The monoisotopic (exact) mass is 537 g/mol. The third-order valence-electron chi connectivity index (χ3n) is 6.47. The van der Waals surface area contributed by atoms with Crippen LogP contribution in [0.25, 0.3) is 0 Å². The van der Waals surface area contributed by atoms with Crippen LogP contribution < -0.4 is 31.5 Å². The highest BCUT2D eigenvalue weighted by molar-refractivity contribution is 5.90. The van der Waals surface area contributed by atoms with E-state index in [1.165, 1.54) is 12.3 Å². The minimum atomic E-state index is -1.68. The van der Waals surface area contributed by atoms with Gasteiger partial charge in [-0.05, 0) is 17.7 Å². The zero-order valence-electron chi connectivity index (χ0n) is 20.6. The van der Waals surface area contributed by atoms with Gasteiger partial charge in [0.25, 0.3) is 5.91 Å². The average Bonchev–Trinajstić information content (AvgIpc) is 3.53. The number of anilines is 1. The van der Waals surface area contributed by atoms with Crippen LogP contribution in [-0.2, 0) is 27.3 Å². The lowest BCUT2D eigenvalue weighted by Crippen LogP contribution is -2.52. The first-order valence-corrected chi connectivity index (χ1v) is 12.2. The summed E-state index contributed by atoms with van der Waals surface area (Å²) in [6.07, 6.45) is -4.87. The highest BCUT2D eigenvalue weighted by Gasteiger charge is 2.48. The molecule has 0 radical (unpaired) electrons. The predicted molar refractivity (Wildman–Crippen MR) is 135 cm³/mol. The van der Waals surface area contributed by atoms with Crippen molar-refractivity contribution in [1.29, 1.82) is 0 Å². The number of para-hydroxylation sites is 1. The standard InChI is InChI=1S/C26H27N5O8/c27-18-9-10-31(26(36)30-18)25-20(33)19(32)22(39-25)24(35)29-16(11-14-5-2-1-3-6-14)23(34)28-12-15-7-4-8-17-21(15)38-13-37-17/h1-10,16,19-20,22,25,32-33H,11-13H2,(H,28,34)(H,29,35)(H2,27,30,36)/t16-,19+,20-,22+,25-/m1/s1. The van der Waals surface area contributed by atoms with Crippen molar-refractivity contribution in [3.8, 4) is 11.5 Å². The highest BCUT2D eigenvalue weighted by atomic mass is 16.7. The molecule has 2 aromatic carbocycles. The van der Waals surface area contributed by atoms with E-state index in [9.17, 15) is 24.6 Å². The van der Waals surface area contributed by atoms with E-state index in [0.717, 1.165) is 10.1 Å². The second-order valence-corrected chi connectivity index (χ2v) is 9.09. The lowest BCUT2D eigenvalue weighted by molar-refractivity contribution is -0.141. The topological polar surface area (TPSA) is 187 Å². The van der Waals surface area contributed by atoms with Gasteiger partial charge in [0.15, 0.2) is 23.8 Å². The Hall–Kier alpha value is -4.46.